The number of hydrogen-bond acceptors (Lipinski definition) is 4. The Hall–Kier alpha value is -2.83. The van der Waals surface area contributed by atoms with E-state index in [-0.39, 0.29) is 37.4 Å². The molecule has 0 radical (unpaired) electrons. The molecule has 0 unspecified atom stereocenters. The van der Waals surface area contributed by atoms with E-state index in [0.29, 0.717) is 5.88 Å². The summed E-state index contributed by atoms with van der Waals surface area (Å²) in [4.78, 5) is 23.1. The van der Waals surface area contributed by atoms with E-state index in [0.717, 1.165) is 5.69 Å². The van der Waals surface area contributed by atoms with Crippen LogP contribution in [0.2, 0.25) is 0 Å². The number of hydrogen-bond donors (Lipinski definition) is 2. The zero-order valence-corrected chi connectivity index (χ0v) is 13.9. The largest absolute Gasteiger partial charge is 0.466 e. The molecular formula is C17H22N4O3. The second-order valence-corrected chi connectivity index (χ2v) is 5.54. The van der Waals surface area contributed by atoms with Gasteiger partial charge in [-0.1, -0.05) is 18.2 Å². The van der Waals surface area contributed by atoms with Crippen LogP contribution in [0.15, 0.2) is 42.6 Å². The Labute approximate surface area is 141 Å². The summed E-state index contributed by atoms with van der Waals surface area (Å²) in [6.07, 6.45) is 2.01. The highest BCUT2D eigenvalue weighted by atomic mass is 16.5. The average molecular weight is 330 g/mol. The maximum atomic E-state index is 11.7. The Bertz CT molecular complexity index is 667. The molecule has 1 aromatic heterocycles. The SMILES string of the molecule is CC(C)NC(=O)CCNC(=O)COc1ccn(-c2ccccc2)n1. The van der Waals surface area contributed by atoms with Crippen LogP contribution in [-0.4, -0.2) is 40.8 Å². The monoisotopic (exact) mass is 330 g/mol. The van der Waals surface area contributed by atoms with Gasteiger partial charge in [0.05, 0.1) is 5.69 Å². The number of para-hydroxylation sites is 1. The Kier molecular flexibility index (Phi) is 6.36. The molecule has 2 N–H and O–H groups in total. The first-order chi connectivity index (χ1) is 11.5. The fourth-order valence-electron chi connectivity index (χ4n) is 2.01. The van der Waals surface area contributed by atoms with E-state index in [9.17, 15) is 9.59 Å². The van der Waals surface area contributed by atoms with Gasteiger partial charge >= 0.3 is 0 Å². The third-order valence-corrected chi connectivity index (χ3v) is 3.06. The predicted molar refractivity (Wildman–Crippen MR) is 90.0 cm³/mol. The smallest absolute Gasteiger partial charge is 0.258 e. The number of benzene rings is 1. The molecule has 0 saturated carbocycles. The Morgan fingerprint density at radius 3 is 2.62 bits per heavy atom. The van der Waals surface area contributed by atoms with E-state index in [1.165, 1.54) is 0 Å². The minimum Gasteiger partial charge on any atom is -0.466 e. The van der Waals surface area contributed by atoms with Crippen LogP contribution in [0.4, 0.5) is 0 Å². The zero-order valence-electron chi connectivity index (χ0n) is 13.9. The van der Waals surface area contributed by atoms with Gasteiger partial charge in [-0.15, -0.1) is 5.10 Å². The van der Waals surface area contributed by atoms with Gasteiger partial charge in [-0.05, 0) is 26.0 Å². The number of rotatable bonds is 8. The lowest BCUT2D eigenvalue weighted by Crippen LogP contribution is -2.35. The van der Waals surface area contributed by atoms with Crippen molar-refractivity contribution in [2.24, 2.45) is 0 Å². The van der Waals surface area contributed by atoms with Crippen molar-refractivity contribution < 1.29 is 14.3 Å². The summed E-state index contributed by atoms with van der Waals surface area (Å²) in [5.41, 5.74) is 0.910. The quantitative estimate of drug-likeness (QED) is 0.763. The van der Waals surface area contributed by atoms with Crippen LogP contribution in [0.25, 0.3) is 5.69 Å². The molecule has 0 atom stereocenters. The van der Waals surface area contributed by atoms with E-state index in [2.05, 4.69) is 15.7 Å². The fourth-order valence-corrected chi connectivity index (χ4v) is 2.01. The van der Waals surface area contributed by atoms with Gasteiger partial charge in [0, 0.05) is 31.3 Å². The number of amides is 2. The van der Waals surface area contributed by atoms with Crippen LogP contribution < -0.4 is 15.4 Å². The maximum absolute atomic E-state index is 11.7. The van der Waals surface area contributed by atoms with Gasteiger partial charge in [0.1, 0.15) is 0 Å². The summed E-state index contributed by atoms with van der Waals surface area (Å²) < 4.78 is 7.02. The molecule has 0 fully saturated rings. The molecule has 1 heterocycles. The van der Waals surface area contributed by atoms with Gasteiger partial charge in [-0.2, -0.15) is 0 Å². The van der Waals surface area contributed by atoms with E-state index >= 15 is 0 Å². The van der Waals surface area contributed by atoms with E-state index in [4.69, 9.17) is 4.74 Å². The van der Waals surface area contributed by atoms with Gasteiger partial charge in [0.15, 0.2) is 6.61 Å². The highest BCUT2D eigenvalue weighted by molar-refractivity contribution is 5.79. The predicted octanol–water partition coefficient (Wildman–Crippen LogP) is 1.28. The number of ether oxygens (including phenoxy) is 1. The molecule has 0 aliphatic carbocycles. The first-order valence-electron chi connectivity index (χ1n) is 7.84. The molecule has 0 aliphatic heterocycles. The first kappa shape index (κ1) is 17.5. The molecule has 0 saturated heterocycles. The number of nitrogens with one attached hydrogen (secondary N) is 2. The van der Waals surface area contributed by atoms with Crippen LogP contribution in [0.3, 0.4) is 0 Å². The molecule has 2 amide bonds. The van der Waals surface area contributed by atoms with Crippen LogP contribution in [0.1, 0.15) is 20.3 Å². The summed E-state index contributed by atoms with van der Waals surface area (Å²) in [5.74, 6) is -0.0130. The summed E-state index contributed by atoms with van der Waals surface area (Å²) >= 11 is 0. The summed E-state index contributed by atoms with van der Waals surface area (Å²) in [5, 5.41) is 9.64. The van der Waals surface area contributed by atoms with Crippen molar-refractivity contribution in [3.63, 3.8) is 0 Å². The molecule has 7 heteroatoms. The summed E-state index contributed by atoms with van der Waals surface area (Å²) in [6, 6.07) is 11.4. The minimum absolute atomic E-state index is 0.0900. The molecule has 1 aromatic carbocycles. The number of nitrogens with zero attached hydrogens (tertiary/aromatic N) is 2. The van der Waals surface area contributed by atoms with Gasteiger partial charge in [0.25, 0.3) is 5.91 Å². The second-order valence-electron chi connectivity index (χ2n) is 5.54. The lowest BCUT2D eigenvalue weighted by Gasteiger charge is -2.09. The van der Waals surface area contributed by atoms with Crippen LogP contribution in [0, 0.1) is 0 Å². The van der Waals surface area contributed by atoms with Crippen molar-refractivity contribution in [3.8, 4) is 11.6 Å². The van der Waals surface area contributed by atoms with Crippen molar-refractivity contribution in [2.45, 2.75) is 26.3 Å². The highest BCUT2D eigenvalue weighted by Gasteiger charge is 2.07. The summed E-state index contributed by atoms with van der Waals surface area (Å²) in [6.45, 7) is 3.91. The highest BCUT2D eigenvalue weighted by Crippen LogP contribution is 2.11. The molecule has 0 bridgehead atoms. The maximum Gasteiger partial charge on any atom is 0.258 e. The van der Waals surface area contributed by atoms with E-state index in [1.807, 2.05) is 44.2 Å². The molecular weight excluding hydrogens is 308 g/mol. The lowest BCUT2D eigenvalue weighted by atomic mass is 10.3. The normalized spacial score (nSPS) is 10.5. The molecule has 0 spiro atoms. The van der Waals surface area contributed by atoms with Gasteiger partial charge < -0.3 is 15.4 Å². The lowest BCUT2D eigenvalue weighted by molar-refractivity contribution is -0.123. The Balaban J connectivity index is 1.71. The van der Waals surface area contributed by atoms with Gasteiger partial charge in [-0.25, -0.2) is 4.68 Å². The summed E-state index contributed by atoms with van der Waals surface area (Å²) in [7, 11) is 0. The molecule has 0 aliphatic rings. The molecule has 24 heavy (non-hydrogen) atoms. The van der Waals surface area contributed by atoms with Crippen LogP contribution >= 0.6 is 0 Å². The standard InChI is InChI=1S/C17H22N4O3/c1-13(2)19-15(22)8-10-18-16(23)12-24-17-9-11-21(20-17)14-6-4-3-5-7-14/h3-7,9,11,13H,8,10,12H2,1-2H3,(H,18,23)(H,19,22). The molecule has 7 nitrogen and oxygen atoms in total. The van der Waals surface area contributed by atoms with Crippen molar-refractivity contribution in [2.75, 3.05) is 13.2 Å². The minimum atomic E-state index is -0.290. The van der Waals surface area contributed by atoms with E-state index in [1.54, 1.807) is 16.9 Å². The molecule has 2 aromatic rings. The number of aromatic nitrogens is 2. The van der Waals surface area contributed by atoms with Crippen molar-refractivity contribution in [1.29, 1.82) is 0 Å². The second kappa shape index (κ2) is 8.71. The average Bonchev–Trinajstić information content (AvgIpc) is 3.02. The Morgan fingerprint density at radius 1 is 1.17 bits per heavy atom. The van der Waals surface area contributed by atoms with Crippen LogP contribution in [0.5, 0.6) is 5.88 Å². The topological polar surface area (TPSA) is 85.3 Å². The zero-order chi connectivity index (χ0) is 17.4. The fraction of sp³-hybridized carbons (Fsp3) is 0.353. The van der Waals surface area contributed by atoms with Gasteiger partial charge in [-0.3, -0.25) is 9.59 Å². The third-order valence-electron chi connectivity index (χ3n) is 3.06. The van der Waals surface area contributed by atoms with Crippen molar-refractivity contribution in [3.05, 3.63) is 42.6 Å². The van der Waals surface area contributed by atoms with Crippen LogP contribution in [-0.2, 0) is 9.59 Å². The third kappa shape index (κ3) is 5.75. The van der Waals surface area contributed by atoms with E-state index < -0.39 is 0 Å². The number of carbonyl (C=O) groups is 2. The van der Waals surface area contributed by atoms with Gasteiger partial charge in [0.2, 0.25) is 11.8 Å². The Morgan fingerprint density at radius 2 is 1.92 bits per heavy atom. The van der Waals surface area contributed by atoms with Crippen molar-refractivity contribution >= 4 is 11.8 Å². The number of carbonyl (C=O) groups excluding carboxylic acids is 2. The molecule has 128 valence electrons. The molecule has 2 rings (SSSR count). The first-order valence-corrected chi connectivity index (χ1v) is 7.84. The van der Waals surface area contributed by atoms with Crippen molar-refractivity contribution in [1.82, 2.24) is 20.4 Å².